The average molecular weight is 280 g/mol. The highest BCUT2D eigenvalue weighted by molar-refractivity contribution is 5.83. The minimum atomic E-state index is -0.376. The van der Waals surface area contributed by atoms with Crippen LogP contribution >= 0.6 is 0 Å². The smallest absolute Gasteiger partial charge is 0.313 e. The number of hydrogen-bond acceptors (Lipinski definition) is 2. The number of carbonyl (C=O) groups is 1. The zero-order valence-corrected chi connectivity index (χ0v) is 12.3. The molecule has 2 nitrogen and oxygen atoms in total. The lowest BCUT2D eigenvalue weighted by molar-refractivity contribution is -0.149. The maximum absolute atomic E-state index is 12.5. The molecular formula is C19H20O2. The molecule has 0 aliphatic heterocycles. The maximum atomic E-state index is 12.5. The first-order valence-electron chi connectivity index (χ1n) is 7.52. The van der Waals surface area contributed by atoms with E-state index in [1.54, 1.807) is 0 Å². The van der Waals surface area contributed by atoms with E-state index in [9.17, 15) is 4.79 Å². The summed E-state index contributed by atoms with van der Waals surface area (Å²) in [5, 5.41) is 0. The highest BCUT2D eigenvalue weighted by Gasteiger charge is 2.61. The molecule has 108 valence electrons. The lowest BCUT2D eigenvalue weighted by Gasteiger charge is -2.16. The van der Waals surface area contributed by atoms with Gasteiger partial charge >= 0.3 is 5.97 Å². The van der Waals surface area contributed by atoms with Gasteiger partial charge in [-0.05, 0) is 30.9 Å². The first-order valence-corrected chi connectivity index (χ1v) is 7.52. The summed E-state index contributed by atoms with van der Waals surface area (Å²) in [6.45, 7) is 2.31. The molecule has 1 fully saturated rings. The monoisotopic (exact) mass is 280 g/mol. The van der Waals surface area contributed by atoms with E-state index in [4.69, 9.17) is 4.74 Å². The summed E-state index contributed by atoms with van der Waals surface area (Å²) in [6.07, 6.45) is 1.64. The van der Waals surface area contributed by atoms with E-state index in [0.29, 0.717) is 6.61 Å². The Morgan fingerprint density at radius 3 is 2.33 bits per heavy atom. The lowest BCUT2D eigenvalue weighted by atomic mass is 9.91. The molecule has 2 aromatic rings. The predicted molar refractivity (Wildman–Crippen MR) is 83.0 cm³/mol. The van der Waals surface area contributed by atoms with Crippen LogP contribution in [0.2, 0.25) is 0 Å². The van der Waals surface area contributed by atoms with Gasteiger partial charge in [-0.3, -0.25) is 4.79 Å². The Morgan fingerprint density at radius 1 is 1.10 bits per heavy atom. The van der Waals surface area contributed by atoms with Crippen molar-refractivity contribution in [3.8, 4) is 0 Å². The predicted octanol–water partition coefficient (Wildman–Crippen LogP) is 3.97. The van der Waals surface area contributed by atoms with Crippen LogP contribution in [0.4, 0.5) is 0 Å². The van der Waals surface area contributed by atoms with E-state index in [-0.39, 0.29) is 17.3 Å². The van der Waals surface area contributed by atoms with Crippen LogP contribution in [0.1, 0.15) is 30.4 Å². The number of esters is 1. The molecule has 21 heavy (non-hydrogen) atoms. The Labute approximate surface area is 125 Å². The highest BCUT2D eigenvalue weighted by Crippen LogP contribution is 2.61. The number of rotatable bonds is 5. The first kappa shape index (κ1) is 13.9. The van der Waals surface area contributed by atoms with Crippen molar-refractivity contribution in [2.24, 2.45) is 5.41 Å². The van der Waals surface area contributed by atoms with Gasteiger partial charge in [0.25, 0.3) is 0 Å². The van der Waals surface area contributed by atoms with Crippen molar-refractivity contribution >= 4 is 5.97 Å². The van der Waals surface area contributed by atoms with Gasteiger partial charge in [-0.15, -0.1) is 0 Å². The average Bonchev–Trinajstić information content (AvgIpc) is 3.25. The molecule has 0 spiro atoms. The fourth-order valence-electron chi connectivity index (χ4n) is 3.16. The zero-order chi connectivity index (χ0) is 14.7. The van der Waals surface area contributed by atoms with E-state index in [1.807, 2.05) is 43.3 Å². The van der Waals surface area contributed by atoms with Crippen LogP contribution in [0.5, 0.6) is 0 Å². The van der Waals surface area contributed by atoms with E-state index < -0.39 is 0 Å². The molecule has 2 heteroatoms. The number of carbonyl (C=O) groups excluding carboxylic acids is 1. The fourth-order valence-corrected chi connectivity index (χ4v) is 3.16. The summed E-state index contributed by atoms with van der Waals surface area (Å²) in [4.78, 5) is 12.5. The Hall–Kier alpha value is -2.09. The summed E-state index contributed by atoms with van der Waals surface area (Å²) in [6, 6.07) is 20.5. The van der Waals surface area contributed by atoms with Gasteiger partial charge in [-0.1, -0.05) is 60.7 Å². The Bertz CT molecular complexity index is 606. The summed E-state index contributed by atoms with van der Waals surface area (Å²) >= 11 is 0. The van der Waals surface area contributed by atoms with Crippen LogP contribution in [-0.4, -0.2) is 12.6 Å². The molecule has 0 aromatic heterocycles. The molecule has 0 saturated heterocycles. The van der Waals surface area contributed by atoms with E-state index in [2.05, 4.69) is 24.3 Å². The Morgan fingerprint density at radius 2 is 1.71 bits per heavy atom. The molecule has 0 bridgehead atoms. The standard InChI is InChI=1S/C19H20O2/c1-2-21-18(20)19(13-15-9-5-3-6-10-15)14-17(19)16-11-7-4-8-12-16/h3-12,17H,2,13-14H2,1H3/t17?,19-/m1/s1. The van der Waals surface area contributed by atoms with Gasteiger partial charge in [0.1, 0.15) is 0 Å². The van der Waals surface area contributed by atoms with Gasteiger partial charge in [0.2, 0.25) is 0 Å². The van der Waals surface area contributed by atoms with Crippen molar-refractivity contribution in [3.63, 3.8) is 0 Å². The Kier molecular flexibility index (Phi) is 3.78. The third kappa shape index (κ3) is 2.71. The van der Waals surface area contributed by atoms with Crippen LogP contribution in [0.3, 0.4) is 0 Å². The molecule has 1 unspecified atom stereocenters. The topological polar surface area (TPSA) is 26.3 Å². The van der Waals surface area contributed by atoms with E-state index in [1.165, 1.54) is 11.1 Å². The molecule has 1 aliphatic carbocycles. The third-order valence-corrected chi connectivity index (χ3v) is 4.32. The van der Waals surface area contributed by atoms with Gasteiger partial charge in [-0.2, -0.15) is 0 Å². The molecule has 0 amide bonds. The second-order valence-electron chi connectivity index (χ2n) is 5.71. The van der Waals surface area contributed by atoms with Crippen LogP contribution in [0.25, 0.3) is 0 Å². The number of benzene rings is 2. The molecule has 2 atom stereocenters. The number of ether oxygens (including phenoxy) is 1. The summed E-state index contributed by atoms with van der Waals surface area (Å²) in [7, 11) is 0. The van der Waals surface area contributed by atoms with Crippen LogP contribution in [0.15, 0.2) is 60.7 Å². The number of hydrogen-bond donors (Lipinski definition) is 0. The van der Waals surface area contributed by atoms with Gasteiger partial charge in [0, 0.05) is 5.92 Å². The minimum Gasteiger partial charge on any atom is -0.466 e. The molecular weight excluding hydrogens is 260 g/mol. The van der Waals surface area contributed by atoms with E-state index >= 15 is 0 Å². The Balaban J connectivity index is 1.86. The van der Waals surface area contributed by atoms with Crippen molar-refractivity contribution in [3.05, 3.63) is 71.8 Å². The normalized spacial score (nSPS) is 23.6. The molecule has 1 aliphatic rings. The summed E-state index contributed by atoms with van der Waals surface area (Å²) < 4.78 is 5.35. The second kappa shape index (κ2) is 5.72. The largest absolute Gasteiger partial charge is 0.466 e. The minimum absolute atomic E-state index is 0.0530. The highest BCUT2D eigenvalue weighted by atomic mass is 16.5. The maximum Gasteiger partial charge on any atom is 0.313 e. The van der Waals surface area contributed by atoms with Gasteiger partial charge in [0.15, 0.2) is 0 Å². The van der Waals surface area contributed by atoms with Gasteiger partial charge < -0.3 is 4.74 Å². The quantitative estimate of drug-likeness (QED) is 0.775. The second-order valence-corrected chi connectivity index (χ2v) is 5.71. The van der Waals surface area contributed by atoms with Crippen LogP contribution in [-0.2, 0) is 16.0 Å². The van der Waals surface area contributed by atoms with Crippen molar-refractivity contribution in [2.45, 2.75) is 25.7 Å². The van der Waals surface area contributed by atoms with Gasteiger partial charge in [0.05, 0.1) is 12.0 Å². The van der Waals surface area contributed by atoms with Crippen molar-refractivity contribution in [1.29, 1.82) is 0 Å². The molecule has 0 radical (unpaired) electrons. The van der Waals surface area contributed by atoms with Crippen molar-refractivity contribution < 1.29 is 9.53 Å². The van der Waals surface area contributed by atoms with Crippen molar-refractivity contribution in [2.75, 3.05) is 6.61 Å². The SMILES string of the molecule is CCOC(=O)[C@]1(Cc2ccccc2)CC1c1ccccc1. The summed E-state index contributed by atoms with van der Waals surface area (Å²) in [5.41, 5.74) is 2.06. The first-order chi connectivity index (χ1) is 10.3. The van der Waals surface area contributed by atoms with E-state index in [0.717, 1.165) is 12.8 Å². The van der Waals surface area contributed by atoms with Crippen LogP contribution < -0.4 is 0 Å². The van der Waals surface area contributed by atoms with Crippen molar-refractivity contribution in [1.82, 2.24) is 0 Å². The molecule has 0 heterocycles. The molecule has 3 rings (SSSR count). The molecule has 2 aromatic carbocycles. The fraction of sp³-hybridized carbons (Fsp3) is 0.316. The zero-order valence-electron chi connectivity index (χ0n) is 12.3. The molecule has 1 saturated carbocycles. The third-order valence-electron chi connectivity index (χ3n) is 4.32. The lowest BCUT2D eigenvalue weighted by Crippen LogP contribution is -2.23. The van der Waals surface area contributed by atoms with Crippen LogP contribution in [0, 0.1) is 5.41 Å². The van der Waals surface area contributed by atoms with Gasteiger partial charge in [-0.25, -0.2) is 0 Å². The molecule has 0 N–H and O–H groups in total. The summed E-state index contributed by atoms with van der Waals surface area (Å²) in [5.74, 6) is 0.223.